The Morgan fingerprint density at radius 3 is 2.18 bits per heavy atom. The van der Waals surface area contributed by atoms with Crippen LogP contribution in [0.1, 0.15) is 24.0 Å². The Balaban J connectivity index is 1.79. The maximum atomic E-state index is 13.6. The molecule has 4 atom stereocenters. The molecule has 0 aliphatic heterocycles. The van der Waals surface area contributed by atoms with Crippen LogP contribution in [0.5, 0.6) is 5.75 Å². The van der Waals surface area contributed by atoms with E-state index in [-0.39, 0.29) is 49.7 Å². The first-order valence-corrected chi connectivity index (χ1v) is 14.5. The predicted octanol–water partition coefficient (Wildman–Crippen LogP) is -0.492. The minimum Gasteiger partial charge on any atom is -0.508 e. The Labute approximate surface area is 259 Å². The van der Waals surface area contributed by atoms with E-state index < -0.39 is 47.9 Å². The van der Waals surface area contributed by atoms with E-state index in [0.29, 0.717) is 5.56 Å². The van der Waals surface area contributed by atoms with E-state index in [4.69, 9.17) is 17.2 Å². The van der Waals surface area contributed by atoms with Crippen molar-refractivity contribution in [3.8, 4) is 5.75 Å². The number of carboxylic acid groups (broad SMARTS) is 1. The molecule has 3 amide bonds. The molecule has 0 radical (unpaired) electrons. The van der Waals surface area contributed by atoms with Crippen molar-refractivity contribution in [2.45, 2.75) is 49.9 Å². The van der Waals surface area contributed by atoms with Crippen molar-refractivity contribution >= 4 is 53.2 Å². The van der Waals surface area contributed by atoms with Crippen LogP contribution in [-0.2, 0) is 32.0 Å². The predicted molar refractivity (Wildman–Crippen MR) is 169 cm³/mol. The maximum Gasteiger partial charge on any atom is 0.327 e. The third-order valence-corrected chi connectivity index (χ3v) is 7.20. The number of phenols is 1. The number of nitrogens with two attached hydrogens (primary N) is 3. The number of amides is 3. The fourth-order valence-electron chi connectivity index (χ4n) is 4.49. The number of para-hydroxylation sites is 1. The molecule has 12 N–H and O–H groups in total. The van der Waals surface area contributed by atoms with Gasteiger partial charge >= 0.3 is 5.97 Å². The SMILES string of the molecule is NC(N)=NCCCC(NC(=O)C(Cc1ccc(O)cc1)NC(=O)C(N)Cc1c[nH]c2ccccc12)C(=O)NC(CS)C(=O)O. The van der Waals surface area contributed by atoms with E-state index >= 15 is 0 Å². The van der Waals surface area contributed by atoms with Crippen LogP contribution in [0.25, 0.3) is 10.9 Å². The lowest BCUT2D eigenvalue weighted by Crippen LogP contribution is -2.58. The zero-order chi connectivity index (χ0) is 32.2. The highest BCUT2D eigenvalue weighted by Gasteiger charge is 2.30. The van der Waals surface area contributed by atoms with E-state index in [1.54, 1.807) is 18.3 Å². The van der Waals surface area contributed by atoms with Crippen molar-refractivity contribution in [3.05, 3.63) is 65.9 Å². The van der Waals surface area contributed by atoms with Crippen molar-refractivity contribution in [1.29, 1.82) is 0 Å². The standard InChI is InChI=1S/C29H38N8O6S/c30-20(13-17-14-34-21-5-2-1-4-19(17)21)25(39)36-23(12-16-7-9-18(38)10-8-16)27(41)35-22(6-3-11-33-29(31)32)26(40)37-24(15-44)28(42)43/h1-2,4-5,7-10,14,20,22-24,34,38,44H,3,6,11-13,15,30H2,(H,35,41)(H,36,39)(H,37,40)(H,42,43)(H4,31,32,33). The number of aliphatic imine (C=N–C) groups is 1. The minimum atomic E-state index is -1.29. The molecule has 0 bridgehead atoms. The van der Waals surface area contributed by atoms with Gasteiger partial charge in [0.2, 0.25) is 17.7 Å². The molecule has 0 saturated heterocycles. The van der Waals surface area contributed by atoms with Gasteiger partial charge in [-0.3, -0.25) is 19.4 Å². The summed E-state index contributed by atoms with van der Waals surface area (Å²) in [7, 11) is 0. The van der Waals surface area contributed by atoms with Gasteiger partial charge in [0.1, 0.15) is 23.9 Å². The molecule has 3 rings (SSSR count). The van der Waals surface area contributed by atoms with Gasteiger partial charge in [-0.1, -0.05) is 30.3 Å². The van der Waals surface area contributed by atoms with E-state index in [1.165, 1.54) is 12.1 Å². The van der Waals surface area contributed by atoms with Gasteiger partial charge < -0.3 is 48.3 Å². The van der Waals surface area contributed by atoms with Crippen LogP contribution in [0.15, 0.2) is 59.7 Å². The molecule has 2 aromatic carbocycles. The molecule has 15 heteroatoms. The zero-order valence-corrected chi connectivity index (χ0v) is 24.8. The van der Waals surface area contributed by atoms with Gasteiger partial charge in [0, 0.05) is 35.8 Å². The fraction of sp³-hybridized carbons (Fsp3) is 0.345. The largest absolute Gasteiger partial charge is 0.508 e. The number of carboxylic acids is 1. The fourth-order valence-corrected chi connectivity index (χ4v) is 4.74. The van der Waals surface area contributed by atoms with Crippen LogP contribution in [0, 0.1) is 0 Å². The van der Waals surface area contributed by atoms with Crippen LogP contribution in [0.3, 0.4) is 0 Å². The molecule has 3 aromatic rings. The van der Waals surface area contributed by atoms with Gasteiger partial charge in [0.25, 0.3) is 0 Å². The second kappa shape index (κ2) is 16.2. The van der Waals surface area contributed by atoms with E-state index in [0.717, 1.165) is 16.5 Å². The maximum absolute atomic E-state index is 13.6. The van der Waals surface area contributed by atoms with Gasteiger partial charge in [0.05, 0.1) is 6.04 Å². The molecule has 14 nitrogen and oxygen atoms in total. The van der Waals surface area contributed by atoms with Crippen molar-refractivity contribution in [3.63, 3.8) is 0 Å². The first-order chi connectivity index (χ1) is 21.0. The Kier molecular flexibility index (Phi) is 12.4. The number of carbonyl (C=O) groups excluding carboxylic acids is 3. The molecule has 44 heavy (non-hydrogen) atoms. The quantitative estimate of drug-likeness (QED) is 0.0425. The summed E-state index contributed by atoms with van der Waals surface area (Å²) in [6, 6.07) is 9.00. The third-order valence-electron chi connectivity index (χ3n) is 6.84. The Hall–Kier alpha value is -4.76. The summed E-state index contributed by atoms with van der Waals surface area (Å²) in [6.45, 7) is 0.160. The second-order valence-corrected chi connectivity index (χ2v) is 10.6. The molecule has 0 aliphatic carbocycles. The first kappa shape index (κ1) is 33.7. The number of benzene rings is 2. The number of aromatic nitrogens is 1. The number of nitrogens with one attached hydrogen (secondary N) is 4. The summed E-state index contributed by atoms with van der Waals surface area (Å²) in [5.74, 6) is -3.64. The number of thiol groups is 1. The number of aromatic hydroxyl groups is 1. The molecule has 4 unspecified atom stereocenters. The zero-order valence-electron chi connectivity index (χ0n) is 23.9. The summed E-state index contributed by atoms with van der Waals surface area (Å²) in [5.41, 5.74) is 19.3. The van der Waals surface area contributed by atoms with Crippen LogP contribution in [0.4, 0.5) is 0 Å². The number of hydrogen-bond donors (Lipinski definition) is 10. The number of carbonyl (C=O) groups is 4. The molecular formula is C29H38N8O6S. The van der Waals surface area contributed by atoms with Gasteiger partial charge in [-0.25, -0.2) is 4.79 Å². The summed E-state index contributed by atoms with van der Waals surface area (Å²) in [5, 5.41) is 27.6. The molecular weight excluding hydrogens is 588 g/mol. The van der Waals surface area contributed by atoms with E-state index in [1.807, 2.05) is 24.3 Å². The Morgan fingerprint density at radius 1 is 0.886 bits per heavy atom. The highest BCUT2D eigenvalue weighted by atomic mass is 32.1. The summed E-state index contributed by atoms with van der Waals surface area (Å²) in [6.07, 6.45) is 2.32. The minimum absolute atomic E-state index is 0.00832. The number of guanidine groups is 1. The molecule has 1 aromatic heterocycles. The molecule has 0 fully saturated rings. The Bertz CT molecular complexity index is 1470. The van der Waals surface area contributed by atoms with Crippen molar-refractivity contribution in [2.24, 2.45) is 22.2 Å². The third kappa shape index (κ3) is 9.91. The summed E-state index contributed by atoms with van der Waals surface area (Å²) < 4.78 is 0. The monoisotopic (exact) mass is 626 g/mol. The number of aliphatic carboxylic acids is 1. The number of hydrogen-bond acceptors (Lipinski definition) is 8. The molecule has 236 valence electrons. The number of H-pyrrole nitrogens is 1. The highest BCUT2D eigenvalue weighted by molar-refractivity contribution is 7.80. The Morgan fingerprint density at radius 2 is 1.52 bits per heavy atom. The lowest BCUT2D eigenvalue weighted by Gasteiger charge is -2.25. The summed E-state index contributed by atoms with van der Waals surface area (Å²) in [4.78, 5) is 58.4. The van der Waals surface area contributed by atoms with E-state index in [9.17, 15) is 29.4 Å². The summed E-state index contributed by atoms with van der Waals surface area (Å²) >= 11 is 3.97. The second-order valence-electron chi connectivity index (χ2n) is 10.2. The molecule has 1 heterocycles. The average molecular weight is 627 g/mol. The van der Waals surface area contributed by atoms with Gasteiger partial charge in [-0.15, -0.1) is 0 Å². The number of nitrogens with zero attached hydrogens (tertiary/aromatic N) is 1. The van der Waals surface area contributed by atoms with Crippen molar-refractivity contribution in [1.82, 2.24) is 20.9 Å². The van der Waals surface area contributed by atoms with Crippen molar-refractivity contribution in [2.75, 3.05) is 12.3 Å². The number of aromatic amines is 1. The van der Waals surface area contributed by atoms with Crippen LogP contribution in [-0.4, -0.2) is 81.3 Å². The number of rotatable bonds is 16. The number of fused-ring (bicyclic) bond motifs is 1. The van der Waals surface area contributed by atoms with Crippen molar-refractivity contribution < 1.29 is 29.4 Å². The van der Waals surface area contributed by atoms with Crippen LogP contribution < -0.4 is 33.2 Å². The highest BCUT2D eigenvalue weighted by Crippen LogP contribution is 2.19. The topological polar surface area (TPSA) is 251 Å². The van der Waals surface area contributed by atoms with E-state index in [2.05, 4.69) is 38.6 Å². The average Bonchev–Trinajstić information content (AvgIpc) is 3.40. The van der Waals surface area contributed by atoms with Gasteiger partial charge in [-0.2, -0.15) is 12.6 Å². The lowest BCUT2D eigenvalue weighted by molar-refractivity contribution is -0.141. The normalized spacial score (nSPS) is 13.7. The van der Waals surface area contributed by atoms with Gasteiger partial charge in [0.15, 0.2) is 5.96 Å². The molecule has 0 aliphatic rings. The van der Waals surface area contributed by atoms with Gasteiger partial charge in [-0.05, 0) is 48.6 Å². The van der Waals surface area contributed by atoms with Crippen LogP contribution in [0.2, 0.25) is 0 Å². The smallest absolute Gasteiger partial charge is 0.327 e. The number of phenolic OH excluding ortho intramolecular Hbond substituents is 1. The molecule has 0 spiro atoms. The van der Waals surface area contributed by atoms with Crippen LogP contribution >= 0.6 is 12.6 Å². The lowest BCUT2D eigenvalue weighted by atomic mass is 10.0. The molecule has 0 saturated carbocycles. The first-order valence-electron chi connectivity index (χ1n) is 13.9.